The lowest BCUT2D eigenvalue weighted by Gasteiger charge is -2.40. The second-order valence-electron chi connectivity index (χ2n) is 6.35. The van der Waals surface area contributed by atoms with Gasteiger partial charge in [0.15, 0.2) is 0 Å². The van der Waals surface area contributed by atoms with Crippen molar-refractivity contribution < 1.29 is 8.42 Å². The van der Waals surface area contributed by atoms with Gasteiger partial charge in [-0.15, -0.1) is 0 Å². The fraction of sp³-hybridized carbons (Fsp3) is 1.00. The maximum atomic E-state index is 12.7. The zero-order valence-electron chi connectivity index (χ0n) is 13.4. The smallest absolute Gasteiger partial charge is 0.282 e. The lowest BCUT2D eigenvalue weighted by atomic mass is 10.0. The van der Waals surface area contributed by atoms with E-state index in [4.69, 9.17) is 5.73 Å². The molecule has 0 aromatic heterocycles. The van der Waals surface area contributed by atoms with Crippen molar-refractivity contribution in [1.82, 2.24) is 13.5 Å². The van der Waals surface area contributed by atoms with E-state index in [1.807, 2.05) is 0 Å². The fourth-order valence-electron chi connectivity index (χ4n) is 3.39. The van der Waals surface area contributed by atoms with Crippen LogP contribution in [0.2, 0.25) is 0 Å². The van der Waals surface area contributed by atoms with Crippen LogP contribution >= 0.6 is 0 Å². The number of rotatable bonds is 5. The third kappa shape index (κ3) is 3.96. The summed E-state index contributed by atoms with van der Waals surface area (Å²) in [5, 5.41) is 0. The molecule has 21 heavy (non-hydrogen) atoms. The molecule has 2 heterocycles. The second-order valence-corrected chi connectivity index (χ2v) is 8.27. The first-order chi connectivity index (χ1) is 9.98. The van der Waals surface area contributed by atoms with Crippen LogP contribution in [0.25, 0.3) is 0 Å². The first-order valence-corrected chi connectivity index (χ1v) is 9.58. The molecule has 0 bridgehead atoms. The highest BCUT2D eigenvalue weighted by Gasteiger charge is 2.35. The van der Waals surface area contributed by atoms with Crippen LogP contribution < -0.4 is 5.73 Å². The topological polar surface area (TPSA) is 69.9 Å². The van der Waals surface area contributed by atoms with E-state index >= 15 is 0 Å². The van der Waals surface area contributed by atoms with Gasteiger partial charge in [-0.25, -0.2) is 0 Å². The molecule has 0 aromatic carbocycles. The van der Waals surface area contributed by atoms with Crippen LogP contribution in [0.5, 0.6) is 0 Å². The minimum Gasteiger partial charge on any atom is -0.329 e. The number of piperazine rings is 1. The highest BCUT2D eigenvalue weighted by atomic mass is 32.2. The summed E-state index contributed by atoms with van der Waals surface area (Å²) in [6.07, 6.45) is 3.13. The van der Waals surface area contributed by atoms with E-state index in [1.54, 1.807) is 8.61 Å². The Morgan fingerprint density at radius 2 is 1.81 bits per heavy atom. The Labute approximate surface area is 129 Å². The van der Waals surface area contributed by atoms with E-state index in [0.29, 0.717) is 44.7 Å². The van der Waals surface area contributed by atoms with Gasteiger partial charge in [-0.1, -0.05) is 13.8 Å². The number of hydrogen-bond donors (Lipinski definition) is 1. The Morgan fingerprint density at radius 3 is 2.33 bits per heavy atom. The van der Waals surface area contributed by atoms with Crippen LogP contribution in [0.1, 0.15) is 33.1 Å². The largest absolute Gasteiger partial charge is 0.329 e. The molecule has 0 aromatic rings. The molecule has 2 aliphatic heterocycles. The summed E-state index contributed by atoms with van der Waals surface area (Å²) < 4.78 is 28.8. The van der Waals surface area contributed by atoms with Crippen LogP contribution in [0.4, 0.5) is 0 Å². The van der Waals surface area contributed by atoms with Crippen LogP contribution in [0.15, 0.2) is 0 Å². The third-order valence-corrected chi connectivity index (χ3v) is 6.81. The first kappa shape index (κ1) is 17.1. The molecular weight excluding hydrogens is 288 g/mol. The summed E-state index contributed by atoms with van der Waals surface area (Å²) in [6.45, 7) is 9.01. The summed E-state index contributed by atoms with van der Waals surface area (Å²) >= 11 is 0. The van der Waals surface area contributed by atoms with Crippen LogP contribution in [-0.4, -0.2) is 73.8 Å². The van der Waals surface area contributed by atoms with Crippen molar-refractivity contribution in [3.05, 3.63) is 0 Å². The van der Waals surface area contributed by atoms with E-state index in [-0.39, 0.29) is 0 Å². The van der Waals surface area contributed by atoms with Crippen molar-refractivity contribution in [1.29, 1.82) is 0 Å². The molecule has 0 saturated carbocycles. The maximum Gasteiger partial charge on any atom is 0.282 e. The first-order valence-electron chi connectivity index (χ1n) is 8.18. The van der Waals surface area contributed by atoms with Gasteiger partial charge in [0.1, 0.15) is 0 Å². The van der Waals surface area contributed by atoms with Crippen molar-refractivity contribution in [2.75, 3.05) is 45.8 Å². The lowest BCUT2D eigenvalue weighted by molar-refractivity contribution is 0.131. The third-order valence-electron chi connectivity index (χ3n) is 4.81. The molecule has 0 amide bonds. The van der Waals surface area contributed by atoms with Crippen molar-refractivity contribution in [3.8, 4) is 0 Å². The van der Waals surface area contributed by atoms with Crippen molar-refractivity contribution in [3.63, 3.8) is 0 Å². The zero-order chi connectivity index (χ0) is 15.5. The van der Waals surface area contributed by atoms with E-state index in [2.05, 4.69) is 18.7 Å². The summed E-state index contributed by atoms with van der Waals surface area (Å²) in [5.74, 6) is 0.469. The predicted molar refractivity (Wildman–Crippen MR) is 85.2 cm³/mol. The molecule has 6 nitrogen and oxygen atoms in total. The van der Waals surface area contributed by atoms with Crippen molar-refractivity contribution in [2.45, 2.75) is 39.2 Å². The number of nitrogens with two attached hydrogens (primary N) is 1. The summed E-state index contributed by atoms with van der Waals surface area (Å²) in [5.41, 5.74) is 5.78. The van der Waals surface area contributed by atoms with Crippen LogP contribution in [0.3, 0.4) is 0 Å². The van der Waals surface area contributed by atoms with E-state index in [9.17, 15) is 8.42 Å². The van der Waals surface area contributed by atoms with Gasteiger partial charge in [0.25, 0.3) is 10.2 Å². The average molecular weight is 318 g/mol. The zero-order valence-corrected chi connectivity index (χ0v) is 14.2. The van der Waals surface area contributed by atoms with Gasteiger partial charge < -0.3 is 5.73 Å². The van der Waals surface area contributed by atoms with Gasteiger partial charge in [-0.3, -0.25) is 4.90 Å². The maximum absolute atomic E-state index is 12.7. The van der Waals surface area contributed by atoms with Crippen molar-refractivity contribution in [2.24, 2.45) is 11.7 Å². The fourth-order valence-corrected chi connectivity index (χ4v) is 5.15. The highest BCUT2D eigenvalue weighted by Crippen LogP contribution is 2.22. The van der Waals surface area contributed by atoms with Gasteiger partial charge in [0.05, 0.1) is 0 Å². The summed E-state index contributed by atoms with van der Waals surface area (Å²) in [6, 6.07) is 0.380. The predicted octanol–water partition coefficient (Wildman–Crippen LogP) is 0.318. The SMILES string of the molecule is CCC(CN)N1CCN(S(=O)(=O)N2CCCC(C)C2)CC1. The molecule has 2 unspecified atom stereocenters. The monoisotopic (exact) mass is 318 g/mol. The van der Waals surface area contributed by atoms with E-state index in [1.165, 1.54) is 0 Å². The van der Waals surface area contributed by atoms with E-state index < -0.39 is 10.2 Å². The number of hydrogen-bond acceptors (Lipinski definition) is 4. The van der Waals surface area contributed by atoms with E-state index in [0.717, 1.165) is 32.4 Å². The molecule has 2 fully saturated rings. The van der Waals surface area contributed by atoms with Gasteiger partial charge in [0, 0.05) is 51.9 Å². The molecule has 0 radical (unpaired) electrons. The summed E-state index contributed by atoms with van der Waals surface area (Å²) in [4.78, 5) is 2.32. The molecule has 2 aliphatic rings. The van der Waals surface area contributed by atoms with Crippen LogP contribution in [-0.2, 0) is 10.2 Å². The average Bonchev–Trinajstić information content (AvgIpc) is 2.49. The number of piperidine rings is 1. The molecule has 0 spiro atoms. The molecular formula is C14H30N4O2S. The Hall–Kier alpha value is -0.210. The molecule has 124 valence electrons. The molecule has 2 atom stereocenters. The minimum absolute atomic E-state index is 0.380. The second kappa shape index (κ2) is 7.37. The lowest BCUT2D eigenvalue weighted by Crippen LogP contribution is -2.57. The standard InChI is InChI=1S/C14H30N4O2S/c1-3-14(11-15)16-7-9-17(10-8-16)21(19,20)18-6-4-5-13(2)12-18/h13-14H,3-12,15H2,1-2H3. The Bertz CT molecular complexity index is 417. The quantitative estimate of drug-likeness (QED) is 0.792. The molecule has 2 saturated heterocycles. The van der Waals surface area contributed by atoms with Gasteiger partial charge in [0.2, 0.25) is 0 Å². The van der Waals surface area contributed by atoms with Gasteiger partial charge >= 0.3 is 0 Å². The molecule has 2 N–H and O–H groups in total. The normalized spacial score (nSPS) is 28.6. The molecule has 7 heteroatoms. The molecule has 0 aliphatic carbocycles. The Balaban J connectivity index is 1.94. The summed E-state index contributed by atoms with van der Waals surface area (Å²) in [7, 11) is -3.27. The highest BCUT2D eigenvalue weighted by molar-refractivity contribution is 7.86. The van der Waals surface area contributed by atoms with Gasteiger partial charge in [-0.2, -0.15) is 17.0 Å². The minimum atomic E-state index is -3.27. The Morgan fingerprint density at radius 1 is 1.14 bits per heavy atom. The van der Waals surface area contributed by atoms with Crippen LogP contribution in [0, 0.1) is 5.92 Å². The Kier molecular flexibility index (Phi) is 6.02. The van der Waals surface area contributed by atoms with Gasteiger partial charge in [-0.05, 0) is 25.2 Å². The number of nitrogens with zero attached hydrogens (tertiary/aromatic N) is 3. The molecule has 2 rings (SSSR count). The van der Waals surface area contributed by atoms with Crippen molar-refractivity contribution >= 4 is 10.2 Å².